The van der Waals surface area contributed by atoms with Crippen LogP contribution in [0.1, 0.15) is 50.1 Å². The SMILES string of the molecule is CCC(N)=O.CCCCc1nc2c(N)nc3ccccc3c2n1Cc1ccc(CNC(=O)CN)cc1. The van der Waals surface area contributed by atoms with Crippen LogP contribution in [-0.2, 0) is 29.1 Å². The van der Waals surface area contributed by atoms with Crippen molar-refractivity contribution in [1.29, 1.82) is 0 Å². The van der Waals surface area contributed by atoms with Gasteiger partial charge in [-0.15, -0.1) is 0 Å². The summed E-state index contributed by atoms with van der Waals surface area (Å²) in [4.78, 5) is 30.4. The molecule has 9 nitrogen and oxygen atoms in total. The highest BCUT2D eigenvalue weighted by Gasteiger charge is 2.17. The molecule has 0 aliphatic rings. The number of nitrogens with two attached hydrogens (primary N) is 3. The minimum Gasteiger partial charge on any atom is -0.382 e. The second kappa shape index (κ2) is 12.6. The number of benzene rings is 2. The summed E-state index contributed by atoms with van der Waals surface area (Å²) in [6.45, 7) is 5.07. The average Bonchev–Trinajstić information content (AvgIpc) is 3.26. The van der Waals surface area contributed by atoms with Crippen molar-refractivity contribution in [3.8, 4) is 0 Å². The molecule has 2 heterocycles. The van der Waals surface area contributed by atoms with Crippen molar-refractivity contribution in [3.05, 3.63) is 65.5 Å². The monoisotopic (exact) mass is 489 g/mol. The Balaban J connectivity index is 0.000000658. The van der Waals surface area contributed by atoms with E-state index < -0.39 is 0 Å². The lowest BCUT2D eigenvalue weighted by molar-refractivity contribution is -0.120. The smallest absolute Gasteiger partial charge is 0.234 e. The number of carbonyl (C=O) groups is 2. The van der Waals surface area contributed by atoms with Gasteiger partial charge in [0, 0.05) is 31.3 Å². The zero-order chi connectivity index (χ0) is 26.1. The summed E-state index contributed by atoms with van der Waals surface area (Å²) in [5.74, 6) is 1.09. The zero-order valence-corrected chi connectivity index (χ0v) is 21.0. The molecule has 0 spiro atoms. The van der Waals surface area contributed by atoms with Crippen LogP contribution in [0.5, 0.6) is 0 Å². The van der Waals surface area contributed by atoms with Crippen molar-refractivity contribution in [1.82, 2.24) is 19.9 Å². The molecule has 0 saturated heterocycles. The molecule has 36 heavy (non-hydrogen) atoms. The van der Waals surface area contributed by atoms with E-state index in [1.165, 1.54) is 0 Å². The van der Waals surface area contributed by atoms with Gasteiger partial charge in [-0.25, -0.2) is 9.97 Å². The van der Waals surface area contributed by atoms with Gasteiger partial charge in [0.2, 0.25) is 11.8 Å². The molecule has 2 amide bonds. The molecule has 0 unspecified atom stereocenters. The number of pyridine rings is 1. The lowest BCUT2D eigenvalue weighted by atomic mass is 10.1. The van der Waals surface area contributed by atoms with Crippen molar-refractivity contribution in [3.63, 3.8) is 0 Å². The first kappa shape index (κ1) is 26.6. The Hall–Kier alpha value is -3.98. The van der Waals surface area contributed by atoms with Crippen LogP contribution in [-0.4, -0.2) is 32.9 Å². The van der Waals surface area contributed by atoms with Gasteiger partial charge in [0.05, 0.1) is 17.6 Å². The molecule has 0 atom stereocenters. The number of anilines is 1. The lowest BCUT2D eigenvalue weighted by Crippen LogP contribution is -2.29. The van der Waals surface area contributed by atoms with Crippen molar-refractivity contribution in [2.24, 2.45) is 11.5 Å². The third-order valence-corrected chi connectivity index (χ3v) is 5.83. The molecule has 9 heteroatoms. The van der Waals surface area contributed by atoms with Gasteiger partial charge in [0.15, 0.2) is 5.82 Å². The third kappa shape index (κ3) is 6.57. The van der Waals surface area contributed by atoms with E-state index >= 15 is 0 Å². The van der Waals surface area contributed by atoms with Crippen LogP contribution in [0.15, 0.2) is 48.5 Å². The molecule has 2 aromatic heterocycles. The van der Waals surface area contributed by atoms with E-state index in [4.69, 9.17) is 16.5 Å². The van der Waals surface area contributed by atoms with Gasteiger partial charge in [-0.3, -0.25) is 9.59 Å². The maximum Gasteiger partial charge on any atom is 0.234 e. The molecule has 4 rings (SSSR count). The average molecular weight is 490 g/mol. The van der Waals surface area contributed by atoms with Gasteiger partial charge in [-0.05, 0) is 23.6 Å². The predicted octanol–water partition coefficient (Wildman–Crippen LogP) is 3.01. The van der Waals surface area contributed by atoms with Gasteiger partial charge in [0.1, 0.15) is 11.3 Å². The van der Waals surface area contributed by atoms with Crippen LogP contribution in [0, 0.1) is 0 Å². The van der Waals surface area contributed by atoms with Crippen molar-refractivity contribution in [2.45, 2.75) is 52.6 Å². The zero-order valence-electron chi connectivity index (χ0n) is 21.0. The number of hydrogen-bond donors (Lipinski definition) is 4. The number of nitrogens with one attached hydrogen (secondary N) is 1. The fourth-order valence-corrected chi connectivity index (χ4v) is 3.82. The summed E-state index contributed by atoms with van der Waals surface area (Å²) >= 11 is 0. The highest BCUT2D eigenvalue weighted by Crippen LogP contribution is 2.30. The lowest BCUT2D eigenvalue weighted by Gasteiger charge is -2.12. The Bertz CT molecular complexity index is 1330. The second-order valence-electron chi connectivity index (χ2n) is 8.55. The number of nitrogens with zero attached hydrogens (tertiary/aromatic N) is 3. The molecular formula is C27H35N7O2. The number of unbranched alkanes of at least 4 members (excludes halogenated alkanes) is 1. The van der Waals surface area contributed by atoms with Gasteiger partial charge in [-0.2, -0.15) is 0 Å². The number of aromatic nitrogens is 3. The summed E-state index contributed by atoms with van der Waals surface area (Å²) in [6.07, 6.45) is 3.50. The maximum absolute atomic E-state index is 11.4. The Morgan fingerprint density at radius 2 is 1.67 bits per heavy atom. The number of amides is 2. The van der Waals surface area contributed by atoms with E-state index in [0.717, 1.165) is 58.2 Å². The summed E-state index contributed by atoms with van der Waals surface area (Å²) in [7, 11) is 0. The standard InChI is InChI=1S/C24H28N6O.C3H7NO/c1-2-3-8-20-29-22-23(18-6-4-5-7-19(18)28-24(22)26)30(20)15-17-11-9-16(10-12-17)14-27-21(31)13-25;1-2-3(4)5/h4-7,9-12H,2-3,8,13-15,25H2,1H3,(H2,26,28)(H,27,31);2H2,1H3,(H2,4,5). The number of nitrogen functional groups attached to an aromatic ring is 1. The van der Waals surface area contributed by atoms with Gasteiger partial charge in [-0.1, -0.05) is 62.7 Å². The van der Waals surface area contributed by atoms with Crippen LogP contribution < -0.4 is 22.5 Å². The molecule has 0 fully saturated rings. The van der Waals surface area contributed by atoms with Crippen LogP contribution in [0.2, 0.25) is 0 Å². The molecule has 0 bridgehead atoms. The first-order valence-electron chi connectivity index (χ1n) is 12.2. The molecule has 0 aliphatic carbocycles. The molecule has 0 radical (unpaired) electrons. The number of para-hydroxylation sites is 1. The first-order valence-corrected chi connectivity index (χ1v) is 12.2. The fraction of sp³-hybridized carbons (Fsp3) is 0.333. The number of rotatable bonds is 9. The third-order valence-electron chi connectivity index (χ3n) is 5.83. The summed E-state index contributed by atoms with van der Waals surface area (Å²) in [5.41, 5.74) is 21.2. The molecule has 4 aromatic rings. The topological polar surface area (TPSA) is 155 Å². The summed E-state index contributed by atoms with van der Waals surface area (Å²) in [5, 5.41) is 3.85. The number of hydrogen-bond acceptors (Lipinski definition) is 6. The van der Waals surface area contributed by atoms with Crippen molar-refractivity contribution < 1.29 is 9.59 Å². The largest absolute Gasteiger partial charge is 0.382 e. The van der Waals surface area contributed by atoms with E-state index in [9.17, 15) is 9.59 Å². The van der Waals surface area contributed by atoms with Crippen LogP contribution >= 0.6 is 0 Å². The molecule has 0 aliphatic heterocycles. The van der Waals surface area contributed by atoms with E-state index in [0.29, 0.717) is 25.3 Å². The Kier molecular flexibility index (Phi) is 9.35. The number of fused-ring (bicyclic) bond motifs is 3. The molecule has 0 saturated carbocycles. The van der Waals surface area contributed by atoms with E-state index in [-0.39, 0.29) is 18.4 Å². The van der Waals surface area contributed by atoms with Crippen molar-refractivity contribution in [2.75, 3.05) is 12.3 Å². The Labute approximate surface area is 211 Å². The van der Waals surface area contributed by atoms with Crippen LogP contribution in [0.25, 0.3) is 21.9 Å². The predicted molar refractivity (Wildman–Crippen MR) is 144 cm³/mol. The summed E-state index contributed by atoms with van der Waals surface area (Å²) in [6, 6.07) is 16.3. The highest BCUT2D eigenvalue weighted by molar-refractivity contribution is 6.06. The summed E-state index contributed by atoms with van der Waals surface area (Å²) < 4.78 is 2.27. The van der Waals surface area contributed by atoms with E-state index in [1.54, 1.807) is 6.92 Å². The van der Waals surface area contributed by atoms with Gasteiger partial charge in [0.25, 0.3) is 0 Å². The van der Waals surface area contributed by atoms with Crippen molar-refractivity contribution >= 4 is 39.6 Å². The minimum atomic E-state index is -0.245. The molecule has 190 valence electrons. The molecule has 2 aromatic carbocycles. The van der Waals surface area contributed by atoms with Gasteiger partial charge >= 0.3 is 0 Å². The molecule has 7 N–H and O–H groups in total. The number of carbonyl (C=O) groups excluding carboxylic acids is 2. The van der Waals surface area contributed by atoms with E-state index in [1.807, 2.05) is 30.3 Å². The first-order chi connectivity index (χ1) is 17.4. The van der Waals surface area contributed by atoms with E-state index in [2.05, 4.69) is 45.7 Å². The van der Waals surface area contributed by atoms with Gasteiger partial charge < -0.3 is 27.1 Å². The number of aryl methyl sites for hydroxylation is 1. The van der Waals surface area contributed by atoms with Crippen LogP contribution in [0.3, 0.4) is 0 Å². The highest BCUT2D eigenvalue weighted by atomic mass is 16.2. The van der Waals surface area contributed by atoms with Crippen LogP contribution in [0.4, 0.5) is 5.82 Å². The number of primary amides is 1. The second-order valence-corrected chi connectivity index (χ2v) is 8.55. The Morgan fingerprint density at radius 3 is 2.31 bits per heavy atom. The normalized spacial score (nSPS) is 10.8. The minimum absolute atomic E-state index is 0.00172. The fourth-order valence-electron chi connectivity index (χ4n) is 3.82. The quantitative estimate of drug-likeness (QED) is 0.283. The number of imidazole rings is 1. The maximum atomic E-state index is 11.4. The Morgan fingerprint density at radius 1 is 1.00 bits per heavy atom. The molecular weight excluding hydrogens is 454 g/mol.